The summed E-state index contributed by atoms with van der Waals surface area (Å²) in [6, 6.07) is 1.81. The summed E-state index contributed by atoms with van der Waals surface area (Å²) in [6.45, 7) is 0. The molecular formula is C6H7BN3O. The van der Waals surface area contributed by atoms with Crippen LogP contribution in [0.2, 0.25) is 0 Å². The van der Waals surface area contributed by atoms with Crippen LogP contribution in [0.5, 0.6) is 0 Å². The Kier molecular flexibility index (Phi) is 1.35. The molecule has 1 radical (unpaired) electrons. The van der Waals surface area contributed by atoms with E-state index in [0.29, 0.717) is 0 Å². The highest BCUT2D eigenvalue weighted by molar-refractivity contribution is 6.40. The number of nitrogens with zero attached hydrogens (tertiary/aromatic N) is 3. The SMILES string of the molecule is CN1[B]N(c2ccon2)C=C1. The fourth-order valence-corrected chi connectivity index (χ4v) is 0.925. The first kappa shape index (κ1) is 6.33. The van der Waals surface area contributed by atoms with Crippen LogP contribution in [0.3, 0.4) is 0 Å². The first-order valence-corrected chi connectivity index (χ1v) is 3.30. The van der Waals surface area contributed by atoms with Crippen molar-refractivity contribution in [2.45, 2.75) is 0 Å². The van der Waals surface area contributed by atoms with E-state index in [2.05, 4.69) is 5.16 Å². The Morgan fingerprint density at radius 1 is 1.55 bits per heavy atom. The second-order valence-corrected chi connectivity index (χ2v) is 2.34. The van der Waals surface area contributed by atoms with Crippen molar-refractivity contribution in [3.63, 3.8) is 0 Å². The molecule has 5 heteroatoms. The minimum atomic E-state index is 0.797. The van der Waals surface area contributed by atoms with Crippen molar-refractivity contribution >= 4 is 13.4 Å². The molecule has 2 heterocycles. The van der Waals surface area contributed by atoms with E-state index in [9.17, 15) is 0 Å². The van der Waals surface area contributed by atoms with Crippen molar-refractivity contribution < 1.29 is 4.52 Å². The highest BCUT2D eigenvalue weighted by atomic mass is 16.5. The highest BCUT2D eigenvalue weighted by Gasteiger charge is 2.15. The Morgan fingerprint density at radius 3 is 3.00 bits per heavy atom. The maximum Gasteiger partial charge on any atom is 0.396 e. The fourth-order valence-electron chi connectivity index (χ4n) is 0.925. The van der Waals surface area contributed by atoms with Gasteiger partial charge in [-0.05, 0) is 7.05 Å². The zero-order valence-corrected chi connectivity index (χ0v) is 6.14. The van der Waals surface area contributed by atoms with Gasteiger partial charge >= 0.3 is 7.55 Å². The molecule has 0 N–H and O–H groups in total. The van der Waals surface area contributed by atoms with E-state index in [0.717, 1.165) is 5.82 Å². The Bertz CT molecular complexity index is 259. The maximum atomic E-state index is 4.70. The lowest BCUT2D eigenvalue weighted by Gasteiger charge is -2.10. The average Bonchev–Trinajstić information content (AvgIpc) is 2.55. The number of hydrogen-bond donors (Lipinski definition) is 0. The molecule has 1 aliphatic heterocycles. The van der Waals surface area contributed by atoms with E-state index in [-0.39, 0.29) is 0 Å². The van der Waals surface area contributed by atoms with Crippen LogP contribution in [-0.4, -0.2) is 24.6 Å². The van der Waals surface area contributed by atoms with Crippen LogP contribution in [-0.2, 0) is 0 Å². The average molecular weight is 148 g/mol. The third-order valence-corrected chi connectivity index (χ3v) is 1.46. The van der Waals surface area contributed by atoms with E-state index in [1.165, 1.54) is 0 Å². The van der Waals surface area contributed by atoms with Gasteiger partial charge in [0.15, 0.2) is 5.82 Å². The fraction of sp³-hybridized carbons (Fsp3) is 0.167. The van der Waals surface area contributed by atoms with Crippen LogP contribution < -0.4 is 4.81 Å². The lowest BCUT2D eigenvalue weighted by molar-refractivity contribution is 0.422. The maximum absolute atomic E-state index is 4.70. The topological polar surface area (TPSA) is 32.5 Å². The largest absolute Gasteiger partial charge is 0.406 e. The van der Waals surface area contributed by atoms with Crippen LogP contribution in [0.25, 0.3) is 0 Å². The molecular weight excluding hydrogens is 141 g/mol. The summed E-state index contributed by atoms with van der Waals surface area (Å²) in [5.41, 5.74) is 0. The van der Waals surface area contributed by atoms with Crippen LogP contribution in [0, 0.1) is 0 Å². The summed E-state index contributed by atoms with van der Waals surface area (Å²) in [6.07, 6.45) is 5.40. The summed E-state index contributed by atoms with van der Waals surface area (Å²) in [5.74, 6) is 0.797. The van der Waals surface area contributed by atoms with Gasteiger partial charge in [0.1, 0.15) is 6.26 Å². The van der Waals surface area contributed by atoms with Crippen molar-refractivity contribution in [3.05, 3.63) is 24.7 Å². The molecule has 55 valence electrons. The Morgan fingerprint density at radius 2 is 2.45 bits per heavy atom. The van der Waals surface area contributed by atoms with Crippen LogP contribution in [0.4, 0.5) is 5.82 Å². The molecule has 1 aromatic rings. The van der Waals surface area contributed by atoms with Crippen LogP contribution in [0.1, 0.15) is 0 Å². The van der Waals surface area contributed by atoms with Gasteiger partial charge in [0.2, 0.25) is 0 Å². The molecule has 4 nitrogen and oxygen atoms in total. The van der Waals surface area contributed by atoms with Crippen LogP contribution >= 0.6 is 0 Å². The van der Waals surface area contributed by atoms with Gasteiger partial charge in [-0.1, -0.05) is 5.16 Å². The van der Waals surface area contributed by atoms with Crippen molar-refractivity contribution in [3.8, 4) is 0 Å². The molecule has 0 saturated heterocycles. The van der Waals surface area contributed by atoms with Gasteiger partial charge in [-0.2, -0.15) is 0 Å². The Balaban J connectivity index is 2.15. The predicted molar refractivity (Wildman–Crippen MR) is 41.6 cm³/mol. The first-order valence-electron chi connectivity index (χ1n) is 3.30. The lowest BCUT2D eigenvalue weighted by atomic mass is 10.1. The molecule has 11 heavy (non-hydrogen) atoms. The van der Waals surface area contributed by atoms with Gasteiger partial charge in [0.05, 0.1) is 0 Å². The van der Waals surface area contributed by atoms with Gasteiger partial charge in [0, 0.05) is 18.5 Å². The summed E-state index contributed by atoms with van der Waals surface area (Å²) >= 11 is 0. The molecule has 0 saturated carbocycles. The first-order chi connectivity index (χ1) is 5.36. The van der Waals surface area contributed by atoms with Crippen molar-refractivity contribution in [2.75, 3.05) is 11.9 Å². The van der Waals surface area contributed by atoms with E-state index >= 15 is 0 Å². The predicted octanol–water partition coefficient (Wildman–Crippen LogP) is 0.432. The number of aromatic nitrogens is 1. The molecule has 1 aliphatic rings. The third kappa shape index (κ3) is 1.09. The van der Waals surface area contributed by atoms with E-state index < -0.39 is 0 Å². The van der Waals surface area contributed by atoms with E-state index in [4.69, 9.17) is 4.52 Å². The van der Waals surface area contributed by atoms with E-state index in [1.54, 1.807) is 12.3 Å². The highest BCUT2D eigenvalue weighted by Crippen LogP contribution is 2.13. The molecule has 0 atom stereocenters. The van der Waals surface area contributed by atoms with Gasteiger partial charge in [0.25, 0.3) is 0 Å². The quantitative estimate of drug-likeness (QED) is 0.540. The second kappa shape index (κ2) is 2.34. The van der Waals surface area contributed by atoms with Gasteiger partial charge in [-0.25, -0.2) is 0 Å². The number of hydrogen-bond acceptors (Lipinski definition) is 4. The Labute approximate surface area is 65.3 Å². The molecule has 0 unspecified atom stereocenters. The molecule has 0 bridgehead atoms. The van der Waals surface area contributed by atoms with Gasteiger partial charge in [-0.3, -0.25) is 0 Å². The van der Waals surface area contributed by atoms with Crippen LogP contribution in [0.15, 0.2) is 29.3 Å². The van der Waals surface area contributed by atoms with Gasteiger partial charge in [-0.15, -0.1) is 0 Å². The number of rotatable bonds is 1. The summed E-state index contributed by atoms with van der Waals surface area (Å²) in [7, 11) is 3.87. The zero-order valence-electron chi connectivity index (χ0n) is 6.14. The smallest absolute Gasteiger partial charge is 0.396 e. The molecule has 2 rings (SSSR count). The second-order valence-electron chi connectivity index (χ2n) is 2.34. The van der Waals surface area contributed by atoms with Crippen molar-refractivity contribution in [1.29, 1.82) is 0 Å². The normalized spacial score (nSPS) is 15.7. The Hall–Kier alpha value is -1.39. The zero-order chi connectivity index (χ0) is 7.68. The monoisotopic (exact) mass is 148 g/mol. The number of anilines is 1. The van der Waals surface area contributed by atoms with Crippen molar-refractivity contribution in [2.24, 2.45) is 0 Å². The summed E-state index contributed by atoms with van der Waals surface area (Å²) in [5, 5.41) is 3.77. The van der Waals surface area contributed by atoms with Crippen molar-refractivity contribution in [1.82, 2.24) is 9.97 Å². The summed E-state index contributed by atoms with van der Waals surface area (Å²) in [4.78, 5) is 3.82. The molecule has 0 aliphatic carbocycles. The minimum Gasteiger partial charge on any atom is -0.406 e. The minimum absolute atomic E-state index is 0.797. The molecule has 0 spiro atoms. The molecule has 0 aromatic carbocycles. The van der Waals surface area contributed by atoms with E-state index in [1.807, 2.05) is 36.6 Å². The molecule has 1 aromatic heterocycles. The standard InChI is InChI=1S/C6H7BN3O/c1-9-3-4-10(7-9)6-2-5-11-8-6/h2-5H,1H3. The van der Waals surface area contributed by atoms with Gasteiger partial charge < -0.3 is 14.1 Å². The molecule has 0 amide bonds. The lowest BCUT2D eigenvalue weighted by Crippen LogP contribution is -2.26. The molecule has 0 fully saturated rings. The summed E-state index contributed by atoms with van der Waals surface area (Å²) < 4.78 is 4.70. The third-order valence-electron chi connectivity index (χ3n) is 1.46.